The van der Waals surface area contributed by atoms with Crippen molar-refractivity contribution in [2.75, 3.05) is 18.5 Å². The molecule has 0 radical (unpaired) electrons. The molecular formula is C15H20N4O3S. The van der Waals surface area contributed by atoms with Gasteiger partial charge in [0.25, 0.3) is 0 Å². The van der Waals surface area contributed by atoms with Gasteiger partial charge in [-0.05, 0) is 12.8 Å². The van der Waals surface area contributed by atoms with Crippen molar-refractivity contribution in [2.24, 2.45) is 0 Å². The molecule has 1 N–H and O–H groups in total. The third-order valence-electron chi connectivity index (χ3n) is 4.21. The van der Waals surface area contributed by atoms with E-state index in [2.05, 4.69) is 20.5 Å². The van der Waals surface area contributed by atoms with Crippen LogP contribution in [-0.2, 0) is 16.0 Å². The first-order valence-corrected chi connectivity index (χ1v) is 8.95. The number of nitrogens with zero attached hydrogens (tertiary/aromatic N) is 3. The van der Waals surface area contributed by atoms with Gasteiger partial charge in [0.1, 0.15) is 5.01 Å². The summed E-state index contributed by atoms with van der Waals surface area (Å²) in [6.45, 7) is 1.84. The third kappa shape index (κ3) is 3.54. The van der Waals surface area contributed by atoms with Crippen LogP contribution in [0.1, 0.15) is 60.1 Å². The van der Waals surface area contributed by atoms with Gasteiger partial charge in [0, 0.05) is 12.1 Å². The van der Waals surface area contributed by atoms with E-state index in [9.17, 15) is 0 Å². The zero-order valence-electron chi connectivity index (χ0n) is 12.9. The van der Waals surface area contributed by atoms with Crippen molar-refractivity contribution in [3.63, 3.8) is 0 Å². The van der Waals surface area contributed by atoms with Crippen molar-refractivity contribution < 1.29 is 13.9 Å². The van der Waals surface area contributed by atoms with Crippen molar-refractivity contribution in [3.05, 3.63) is 22.0 Å². The molecule has 0 spiro atoms. The number of hydrogen-bond acceptors (Lipinski definition) is 8. The fourth-order valence-electron chi connectivity index (χ4n) is 3.01. The summed E-state index contributed by atoms with van der Waals surface area (Å²) in [4.78, 5) is 5.37. The molecule has 3 heterocycles. The van der Waals surface area contributed by atoms with E-state index < -0.39 is 0 Å². The Kier molecular flexibility index (Phi) is 4.54. The quantitative estimate of drug-likeness (QED) is 0.897. The smallest absolute Gasteiger partial charge is 0.315 e. The van der Waals surface area contributed by atoms with E-state index in [1.165, 1.54) is 19.3 Å². The van der Waals surface area contributed by atoms with Gasteiger partial charge in [0.15, 0.2) is 6.29 Å². The molecule has 0 unspecified atom stereocenters. The summed E-state index contributed by atoms with van der Waals surface area (Å²) in [5.74, 6) is 1.19. The van der Waals surface area contributed by atoms with Crippen LogP contribution in [0.4, 0.5) is 6.01 Å². The first-order valence-electron chi connectivity index (χ1n) is 8.13. The maximum Gasteiger partial charge on any atom is 0.315 e. The highest BCUT2D eigenvalue weighted by atomic mass is 32.1. The van der Waals surface area contributed by atoms with Gasteiger partial charge in [-0.1, -0.05) is 24.4 Å². The van der Waals surface area contributed by atoms with Gasteiger partial charge in [-0.3, -0.25) is 0 Å². The van der Waals surface area contributed by atoms with E-state index in [4.69, 9.17) is 13.9 Å². The molecular weight excluding hydrogens is 316 g/mol. The molecule has 1 saturated carbocycles. The molecule has 8 heteroatoms. The minimum absolute atomic E-state index is 0.262. The molecule has 2 aromatic heterocycles. The minimum atomic E-state index is -0.262. The van der Waals surface area contributed by atoms with Gasteiger partial charge in [-0.15, -0.1) is 16.4 Å². The van der Waals surface area contributed by atoms with Crippen LogP contribution in [0.15, 0.2) is 10.6 Å². The molecule has 2 aliphatic rings. The highest BCUT2D eigenvalue weighted by Crippen LogP contribution is 2.32. The second-order valence-electron chi connectivity index (χ2n) is 5.86. The Labute approximate surface area is 138 Å². The Balaban J connectivity index is 1.33. The molecule has 0 atom stereocenters. The SMILES string of the molecule is c1nc(CNc2nnc(C3CCCCC3)o2)sc1C1OCCO1. The predicted molar refractivity (Wildman–Crippen MR) is 84.2 cm³/mol. The topological polar surface area (TPSA) is 82.3 Å². The summed E-state index contributed by atoms with van der Waals surface area (Å²) >= 11 is 1.57. The van der Waals surface area contributed by atoms with Gasteiger partial charge in [-0.2, -0.15) is 0 Å². The Hall–Kier alpha value is -1.51. The summed E-state index contributed by atoms with van der Waals surface area (Å²) < 4.78 is 16.7. The normalized spacial score (nSPS) is 20.2. The Bertz CT molecular complexity index is 632. The van der Waals surface area contributed by atoms with Crippen LogP contribution in [0, 0.1) is 0 Å². The Morgan fingerprint density at radius 3 is 2.78 bits per heavy atom. The number of aromatic nitrogens is 3. The van der Waals surface area contributed by atoms with Crippen molar-refractivity contribution in [1.82, 2.24) is 15.2 Å². The maximum absolute atomic E-state index is 5.75. The van der Waals surface area contributed by atoms with Crippen LogP contribution >= 0.6 is 11.3 Å². The van der Waals surface area contributed by atoms with E-state index >= 15 is 0 Å². The van der Waals surface area contributed by atoms with Gasteiger partial charge in [-0.25, -0.2) is 4.98 Å². The standard InChI is InChI=1S/C15H20N4O3S/c1-2-4-10(5-3-1)13-18-19-15(22-13)17-9-12-16-8-11(23-12)14-20-6-7-21-14/h8,10,14H,1-7,9H2,(H,17,19). The van der Waals surface area contributed by atoms with Crippen LogP contribution in [0.3, 0.4) is 0 Å². The second kappa shape index (κ2) is 6.94. The fraction of sp³-hybridized carbons (Fsp3) is 0.667. The number of hydrogen-bond donors (Lipinski definition) is 1. The number of anilines is 1. The monoisotopic (exact) mass is 336 g/mol. The first-order chi connectivity index (χ1) is 11.4. The fourth-order valence-corrected chi connectivity index (χ4v) is 3.87. The highest BCUT2D eigenvalue weighted by Gasteiger charge is 2.22. The molecule has 1 aliphatic carbocycles. The van der Waals surface area contributed by atoms with Gasteiger partial charge < -0.3 is 19.2 Å². The lowest BCUT2D eigenvalue weighted by molar-refractivity contribution is -0.0414. The largest absolute Gasteiger partial charge is 0.408 e. The van der Waals surface area contributed by atoms with Gasteiger partial charge >= 0.3 is 6.01 Å². The molecule has 4 rings (SSSR count). The lowest BCUT2D eigenvalue weighted by Gasteiger charge is -2.17. The molecule has 23 heavy (non-hydrogen) atoms. The summed E-state index contributed by atoms with van der Waals surface area (Å²) in [6, 6.07) is 0.468. The van der Waals surface area contributed by atoms with Crippen molar-refractivity contribution in [3.8, 4) is 0 Å². The average Bonchev–Trinajstić information content (AvgIpc) is 3.33. The molecule has 124 valence electrons. The van der Waals surface area contributed by atoms with Crippen molar-refractivity contribution in [2.45, 2.75) is 50.9 Å². The van der Waals surface area contributed by atoms with E-state index in [-0.39, 0.29) is 6.29 Å². The lowest BCUT2D eigenvalue weighted by Crippen LogP contribution is -2.04. The summed E-state index contributed by atoms with van der Waals surface area (Å²) in [7, 11) is 0. The van der Waals surface area contributed by atoms with Crippen LogP contribution in [0.5, 0.6) is 0 Å². The molecule has 2 fully saturated rings. The van der Waals surface area contributed by atoms with Crippen LogP contribution in [0.25, 0.3) is 0 Å². The molecule has 1 saturated heterocycles. The number of thiazole rings is 1. The summed E-state index contributed by atoms with van der Waals surface area (Å²) in [5.41, 5.74) is 0. The van der Waals surface area contributed by atoms with Crippen LogP contribution < -0.4 is 5.32 Å². The highest BCUT2D eigenvalue weighted by molar-refractivity contribution is 7.11. The zero-order chi connectivity index (χ0) is 15.5. The number of ether oxygens (including phenoxy) is 2. The predicted octanol–water partition coefficient (Wildman–Crippen LogP) is 3.23. The lowest BCUT2D eigenvalue weighted by atomic mass is 9.89. The van der Waals surface area contributed by atoms with E-state index in [1.54, 1.807) is 17.5 Å². The molecule has 0 aromatic carbocycles. The third-order valence-corrected chi connectivity index (χ3v) is 5.23. The van der Waals surface area contributed by atoms with Gasteiger partial charge in [0.05, 0.1) is 24.6 Å². The molecule has 1 aliphatic heterocycles. The van der Waals surface area contributed by atoms with Crippen LogP contribution in [0.2, 0.25) is 0 Å². The van der Waals surface area contributed by atoms with E-state index in [0.29, 0.717) is 31.7 Å². The Morgan fingerprint density at radius 1 is 1.13 bits per heavy atom. The first kappa shape index (κ1) is 15.0. The maximum atomic E-state index is 5.75. The molecule has 7 nitrogen and oxygen atoms in total. The molecule has 0 amide bonds. The molecule has 2 aromatic rings. The second-order valence-corrected chi connectivity index (χ2v) is 7.01. The van der Waals surface area contributed by atoms with Gasteiger partial charge in [0.2, 0.25) is 5.89 Å². The Morgan fingerprint density at radius 2 is 1.96 bits per heavy atom. The number of rotatable bonds is 5. The summed E-state index contributed by atoms with van der Waals surface area (Å²) in [5, 5.41) is 12.4. The van der Waals surface area contributed by atoms with E-state index in [0.717, 1.165) is 28.6 Å². The zero-order valence-corrected chi connectivity index (χ0v) is 13.7. The molecule has 0 bridgehead atoms. The summed E-state index contributed by atoms with van der Waals surface area (Å²) in [6.07, 6.45) is 7.67. The van der Waals surface area contributed by atoms with Crippen molar-refractivity contribution in [1.29, 1.82) is 0 Å². The van der Waals surface area contributed by atoms with Crippen molar-refractivity contribution >= 4 is 17.4 Å². The average molecular weight is 336 g/mol. The van der Waals surface area contributed by atoms with Crippen LogP contribution in [-0.4, -0.2) is 28.4 Å². The number of nitrogens with one attached hydrogen (secondary N) is 1. The minimum Gasteiger partial charge on any atom is -0.408 e. The van der Waals surface area contributed by atoms with E-state index in [1.807, 2.05) is 0 Å².